The number of imidazole rings is 1. The Kier molecular flexibility index (Phi) is 3.09. The minimum atomic E-state index is -0.0795. The minimum absolute atomic E-state index is 0.0795. The van der Waals surface area contributed by atoms with E-state index in [9.17, 15) is 4.79 Å². The van der Waals surface area contributed by atoms with Crippen LogP contribution in [0.4, 0.5) is 5.69 Å². The first-order chi connectivity index (χ1) is 8.20. The molecule has 0 fully saturated rings. The largest absolute Gasteiger partial charge is 0.496 e. The molecule has 2 aromatic rings. The molecule has 0 aliphatic carbocycles. The number of carbonyl (C=O) groups excluding carboxylic acids is 1. The van der Waals surface area contributed by atoms with Gasteiger partial charge in [-0.3, -0.25) is 4.79 Å². The third kappa shape index (κ3) is 2.44. The van der Waals surface area contributed by atoms with Crippen molar-refractivity contribution in [3.8, 4) is 5.75 Å². The van der Waals surface area contributed by atoms with Crippen LogP contribution in [0, 0.1) is 0 Å². The normalized spacial score (nSPS) is 10.2. The number of nitrogen functional groups attached to an aromatic ring is 1. The summed E-state index contributed by atoms with van der Waals surface area (Å²) >= 11 is 0. The fraction of sp³-hybridized carbons (Fsp3) is 0.167. The Balaban J connectivity index is 2.26. The Morgan fingerprint density at radius 2 is 2.35 bits per heavy atom. The highest BCUT2D eigenvalue weighted by molar-refractivity contribution is 6.00. The number of rotatable bonds is 4. The van der Waals surface area contributed by atoms with Gasteiger partial charge in [0.2, 0.25) is 0 Å². The lowest BCUT2D eigenvalue weighted by Gasteiger charge is -2.07. The van der Waals surface area contributed by atoms with Crippen molar-refractivity contribution in [3.05, 3.63) is 42.0 Å². The standard InChI is InChI=1S/C12H13N3O2/c1-17-11-3-2-8(13)6-9(11)10(16)7-12-14-4-5-15-12/h2-6H,7,13H2,1H3,(H,14,15). The van der Waals surface area contributed by atoms with Crippen LogP contribution in [0.1, 0.15) is 16.2 Å². The van der Waals surface area contributed by atoms with Gasteiger partial charge in [0.15, 0.2) is 5.78 Å². The first-order valence-corrected chi connectivity index (χ1v) is 5.15. The molecule has 3 N–H and O–H groups in total. The van der Waals surface area contributed by atoms with Crippen molar-refractivity contribution in [2.45, 2.75) is 6.42 Å². The Labute approximate surface area is 98.6 Å². The maximum atomic E-state index is 12.0. The maximum absolute atomic E-state index is 12.0. The number of aromatic amines is 1. The van der Waals surface area contributed by atoms with E-state index in [1.54, 1.807) is 30.6 Å². The number of hydrogen-bond donors (Lipinski definition) is 2. The van der Waals surface area contributed by atoms with Gasteiger partial charge in [0.25, 0.3) is 0 Å². The van der Waals surface area contributed by atoms with Crippen LogP contribution < -0.4 is 10.5 Å². The summed E-state index contributed by atoms with van der Waals surface area (Å²) in [5.41, 5.74) is 6.67. The van der Waals surface area contributed by atoms with Crippen molar-refractivity contribution in [1.29, 1.82) is 0 Å². The number of H-pyrrole nitrogens is 1. The zero-order chi connectivity index (χ0) is 12.3. The van der Waals surface area contributed by atoms with Crippen molar-refractivity contribution in [2.75, 3.05) is 12.8 Å². The van der Waals surface area contributed by atoms with E-state index in [1.807, 2.05) is 0 Å². The smallest absolute Gasteiger partial charge is 0.174 e. The van der Waals surface area contributed by atoms with Crippen LogP contribution in [0.2, 0.25) is 0 Å². The molecule has 0 bridgehead atoms. The van der Waals surface area contributed by atoms with Crippen LogP contribution in [0.25, 0.3) is 0 Å². The zero-order valence-electron chi connectivity index (χ0n) is 9.43. The van der Waals surface area contributed by atoms with Crippen molar-refractivity contribution in [3.63, 3.8) is 0 Å². The predicted molar refractivity (Wildman–Crippen MR) is 64.0 cm³/mol. The third-order valence-corrected chi connectivity index (χ3v) is 2.41. The van der Waals surface area contributed by atoms with Gasteiger partial charge < -0.3 is 15.5 Å². The van der Waals surface area contributed by atoms with E-state index in [0.29, 0.717) is 22.8 Å². The van der Waals surface area contributed by atoms with Crippen molar-refractivity contribution >= 4 is 11.5 Å². The third-order valence-electron chi connectivity index (χ3n) is 2.41. The number of hydrogen-bond acceptors (Lipinski definition) is 4. The van der Waals surface area contributed by atoms with Gasteiger partial charge >= 0.3 is 0 Å². The monoisotopic (exact) mass is 231 g/mol. The number of methoxy groups -OCH3 is 1. The molecule has 0 radical (unpaired) electrons. The van der Waals surface area contributed by atoms with Crippen molar-refractivity contribution < 1.29 is 9.53 Å². The Morgan fingerprint density at radius 3 is 3.00 bits per heavy atom. The number of nitrogens with one attached hydrogen (secondary N) is 1. The van der Waals surface area contributed by atoms with Crippen molar-refractivity contribution in [1.82, 2.24) is 9.97 Å². The minimum Gasteiger partial charge on any atom is -0.496 e. The lowest BCUT2D eigenvalue weighted by Crippen LogP contribution is -2.07. The summed E-state index contributed by atoms with van der Waals surface area (Å²) in [6.45, 7) is 0. The number of carbonyl (C=O) groups is 1. The number of aromatic nitrogens is 2. The second-order valence-corrected chi connectivity index (χ2v) is 3.60. The highest BCUT2D eigenvalue weighted by atomic mass is 16.5. The summed E-state index contributed by atoms with van der Waals surface area (Å²) in [4.78, 5) is 18.9. The van der Waals surface area contributed by atoms with E-state index < -0.39 is 0 Å². The van der Waals surface area contributed by atoms with E-state index in [0.717, 1.165) is 0 Å². The van der Waals surface area contributed by atoms with Crippen LogP contribution in [0.3, 0.4) is 0 Å². The predicted octanol–water partition coefficient (Wildman–Crippen LogP) is 1.43. The molecule has 1 aromatic heterocycles. The van der Waals surface area contributed by atoms with E-state index in [4.69, 9.17) is 10.5 Å². The number of ketones is 1. The number of Topliss-reactive ketones (excluding diaryl/α,β-unsaturated/α-hetero) is 1. The van der Waals surface area contributed by atoms with Gasteiger partial charge in [0.05, 0.1) is 19.1 Å². The summed E-state index contributed by atoms with van der Waals surface area (Å²) in [6.07, 6.45) is 3.49. The fourth-order valence-electron chi connectivity index (χ4n) is 1.59. The van der Waals surface area contributed by atoms with Gasteiger partial charge in [-0.2, -0.15) is 0 Å². The molecule has 0 spiro atoms. The van der Waals surface area contributed by atoms with Gasteiger partial charge in [-0.1, -0.05) is 0 Å². The maximum Gasteiger partial charge on any atom is 0.174 e. The first-order valence-electron chi connectivity index (χ1n) is 5.15. The van der Waals surface area contributed by atoms with Gasteiger partial charge in [0.1, 0.15) is 11.6 Å². The van der Waals surface area contributed by atoms with Crippen LogP contribution in [0.5, 0.6) is 5.75 Å². The summed E-state index contributed by atoms with van der Waals surface area (Å²) in [7, 11) is 1.52. The molecule has 17 heavy (non-hydrogen) atoms. The van der Waals surface area contributed by atoms with E-state index in [2.05, 4.69) is 9.97 Å². The lowest BCUT2D eigenvalue weighted by atomic mass is 10.1. The van der Waals surface area contributed by atoms with Gasteiger partial charge in [-0.15, -0.1) is 0 Å². The van der Waals surface area contributed by atoms with E-state index in [-0.39, 0.29) is 12.2 Å². The second kappa shape index (κ2) is 4.69. The molecule has 5 heteroatoms. The van der Waals surface area contributed by atoms with E-state index in [1.165, 1.54) is 7.11 Å². The van der Waals surface area contributed by atoms with Gasteiger partial charge in [-0.05, 0) is 18.2 Å². The summed E-state index contributed by atoms with van der Waals surface area (Å²) in [5.74, 6) is 1.07. The number of ether oxygens (including phenoxy) is 1. The Hall–Kier alpha value is -2.30. The molecule has 0 saturated heterocycles. The van der Waals surface area contributed by atoms with Gasteiger partial charge in [0, 0.05) is 18.1 Å². The molecule has 0 aliphatic heterocycles. The lowest BCUT2D eigenvalue weighted by molar-refractivity contribution is 0.0988. The van der Waals surface area contributed by atoms with Crippen LogP contribution in [-0.2, 0) is 6.42 Å². The molecule has 5 nitrogen and oxygen atoms in total. The highest BCUT2D eigenvalue weighted by Gasteiger charge is 2.14. The van der Waals surface area contributed by atoms with Crippen molar-refractivity contribution in [2.24, 2.45) is 0 Å². The zero-order valence-corrected chi connectivity index (χ0v) is 9.43. The molecule has 1 heterocycles. The SMILES string of the molecule is COc1ccc(N)cc1C(=O)Cc1ncc[nH]1. The molecule has 1 aromatic carbocycles. The molecule has 88 valence electrons. The molecule has 0 aliphatic rings. The van der Waals surface area contributed by atoms with Crippen LogP contribution in [0.15, 0.2) is 30.6 Å². The first kappa shape index (κ1) is 11.2. The molecule has 0 saturated carbocycles. The number of nitrogens with two attached hydrogens (primary N) is 1. The van der Waals surface area contributed by atoms with Crippen LogP contribution >= 0.6 is 0 Å². The molecule has 2 rings (SSSR count). The summed E-state index contributed by atoms with van der Waals surface area (Å²) < 4.78 is 5.13. The summed E-state index contributed by atoms with van der Waals surface area (Å²) in [6, 6.07) is 5.00. The topological polar surface area (TPSA) is 81.0 Å². The number of anilines is 1. The average molecular weight is 231 g/mol. The molecular weight excluding hydrogens is 218 g/mol. The number of nitrogens with zero attached hydrogens (tertiary/aromatic N) is 1. The van der Waals surface area contributed by atoms with Gasteiger partial charge in [-0.25, -0.2) is 4.98 Å². The molecular formula is C12H13N3O2. The quantitative estimate of drug-likeness (QED) is 0.616. The second-order valence-electron chi connectivity index (χ2n) is 3.60. The van der Waals surface area contributed by atoms with E-state index >= 15 is 0 Å². The molecule has 0 amide bonds. The fourth-order valence-corrected chi connectivity index (χ4v) is 1.59. The summed E-state index contributed by atoms with van der Waals surface area (Å²) in [5, 5.41) is 0. The average Bonchev–Trinajstić information content (AvgIpc) is 2.81. The Bertz CT molecular complexity index is 521. The molecule has 0 atom stereocenters. The Morgan fingerprint density at radius 1 is 1.53 bits per heavy atom. The molecule has 0 unspecified atom stereocenters. The number of benzene rings is 1. The highest BCUT2D eigenvalue weighted by Crippen LogP contribution is 2.22. The van der Waals surface area contributed by atoms with Crippen LogP contribution in [-0.4, -0.2) is 22.9 Å².